The first-order chi connectivity index (χ1) is 9.76. The molecule has 0 aliphatic heterocycles. The van der Waals surface area contributed by atoms with E-state index in [1.54, 1.807) is 11.3 Å². The van der Waals surface area contributed by atoms with Crippen molar-refractivity contribution in [1.29, 1.82) is 0 Å². The third-order valence-electron chi connectivity index (χ3n) is 3.06. The van der Waals surface area contributed by atoms with Gasteiger partial charge >= 0.3 is 0 Å². The molecule has 0 aliphatic rings. The maximum atomic E-state index is 8.98. The summed E-state index contributed by atoms with van der Waals surface area (Å²) in [5, 5.41) is 13.1. The molecule has 20 heavy (non-hydrogen) atoms. The van der Waals surface area contributed by atoms with Crippen LogP contribution in [0.2, 0.25) is 0 Å². The fourth-order valence-corrected chi connectivity index (χ4v) is 2.83. The Hall–Kier alpha value is -1.69. The van der Waals surface area contributed by atoms with E-state index in [-0.39, 0.29) is 12.6 Å². The van der Waals surface area contributed by atoms with Crippen molar-refractivity contribution in [2.75, 3.05) is 6.61 Å². The molecule has 0 spiro atoms. The van der Waals surface area contributed by atoms with Gasteiger partial charge in [-0.1, -0.05) is 12.1 Å². The second-order valence-electron chi connectivity index (χ2n) is 4.72. The molecule has 2 heterocycles. The standard InChI is InChI=1S/C15H16N2O2S/c1-10(9-18)16-8-11-6-7-13(19-11)15-17-12-4-2-3-5-14(12)20-15/h2-7,10,16,18H,8-9H2,1H3. The number of aromatic nitrogens is 1. The maximum absolute atomic E-state index is 8.98. The third kappa shape index (κ3) is 2.75. The van der Waals surface area contributed by atoms with Crippen LogP contribution in [0, 0.1) is 0 Å². The van der Waals surface area contributed by atoms with Crippen molar-refractivity contribution in [3.63, 3.8) is 0 Å². The van der Waals surface area contributed by atoms with Gasteiger partial charge in [0.15, 0.2) is 10.8 Å². The van der Waals surface area contributed by atoms with Crippen molar-refractivity contribution < 1.29 is 9.52 Å². The molecule has 0 bridgehead atoms. The number of nitrogens with zero attached hydrogens (tertiary/aromatic N) is 1. The van der Waals surface area contributed by atoms with E-state index >= 15 is 0 Å². The van der Waals surface area contributed by atoms with E-state index in [2.05, 4.69) is 16.4 Å². The topological polar surface area (TPSA) is 58.3 Å². The Labute approximate surface area is 121 Å². The van der Waals surface area contributed by atoms with E-state index in [1.165, 1.54) is 0 Å². The minimum absolute atomic E-state index is 0.0611. The highest BCUT2D eigenvalue weighted by atomic mass is 32.1. The molecular formula is C15H16N2O2S. The van der Waals surface area contributed by atoms with Crippen LogP contribution in [0.4, 0.5) is 0 Å². The Morgan fingerprint density at radius 3 is 2.95 bits per heavy atom. The van der Waals surface area contributed by atoms with Gasteiger partial charge in [-0.05, 0) is 31.2 Å². The molecule has 2 N–H and O–H groups in total. The number of fused-ring (bicyclic) bond motifs is 1. The molecule has 0 saturated heterocycles. The van der Waals surface area contributed by atoms with Gasteiger partial charge in [0, 0.05) is 6.04 Å². The average molecular weight is 288 g/mol. The van der Waals surface area contributed by atoms with E-state index < -0.39 is 0 Å². The van der Waals surface area contributed by atoms with Crippen LogP contribution in [0.25, 0.3) is 21.0 Å². The molecule has 1 atom stereocenters. The predicted octanol–water partition coefficient (Wildman–Crippen LogP) is 3.03. The molecule has 3 rings (SSSR count). The van der Waals surface area contributed by atoms with Crippen molar-refractivity contribution in [1.82, 2.24) is 10.3 Å². The normalized spacial score (nSPS) is 12.9. The SMILES string of the molecule is CC(CO)NCc1ccc(-c2nc3ccccc3s2)o1. The first-order valence-electron chi connectivity index (χ1n) is 6.55. The molecule has 0 radical (unpaired) electrons. The lowest BCUT2D eigenvalue weighted by Crippen LogP contribution is -2.28. The summed E-state index contributed by atoms with van der Waals surface area (Å²) in [5.74, 6) is 1.64. The summed E-state index contributed by atoms with van der Waals surface area (Å²) in [6, 6.07) is 12.0. The number of hydrogen-bond acceptors (Lipinski definition) is 5. The molecule has 1 unspecified atom stereocenters. The van der Waals surface area contributed by atoms with Crippen molar-refractivity contribution in [2.45, 2.75) is 19.5 Å². The van der Waals surface area contributed by atoms with Gasteiger partial charge in [-0.2, -0.15) is 0 Å². The highest BCUT2D eigenvalue weighted by Crippen LogP contribution is 2.30. The van der Waals surface area contributed by atoms with Crippen LogP contribution in [-0.2, 0) is 6.54 Å². The number of aliphatic hydroxyl groups is 1. The fraction of sp³-hybridized carbons (Fsp3) is 0.267. The van der Waals surface area contributed by atoms with Crippen LogP contribution in [0.3, 0.4) is 0 Å². The van der Waals surface area contributed by atoms with Gasteiger partial charge in [-0.15, -0.1) is 11.3 Å². The second-order valence-corrected chi connectivity index (χ2v) is 5.75. The van der Waals surface area contributed by atoms with Gasteiger partial charge in [-0.3, -0.25) is 0 Å². The van der Waals surface area contributed by atoms with Gasteiger partial charge in [0.1, 0.15) is 5.76 Å². The number of thiazole rings is 1. The van der Waals surface area contributed by atoms with E-state index in [0.29, 0.717) is 6.54 Å². The van der Waals surface area contributed by atoms with Crippen LogP contribution in [0.1, 0.15) is 12.7 Å². The van der Waals surface area contributed by atoms with E-state index in [9.17, 15) is 0 Å². The van der Waals surface area contributed by atoms with Crippen LogP contribution in [0.5, 0.6) is 0 Å². The highest BCUT2D eigenvalue weighted by Gasteiger charge is 2.10. The van der Waals surface area contributed by atoms with Gasteiger partial charge in [-0.25, -0.2) is 4.98 Å². The van der Waals surface area contributed by atoms with Crippen LogP contribution in [-0.4, -0.2) is 22.7 Å². The van der Waals surface area contributed by atoms with E-state index in [4.69, 9.17) is 9.52 Å². The highest BCUT2D eigenvalue weighted by molar-refractivity contribution is 7.21. The molecule has 0 fully saturated rings. The summed E-state index contributed by atoms with van der Waals surface area (Å²) < 4.78 is 6.96. The van der Waals surface area contributed by atoms with Crippen molar-refractivity contribution in [3.05, 3.63) is 42.2 Å². The molecule has 2 aromatic heterocycles. The van der Waals surface area contributed by atoms with Crippen molar-refractivity contribution in [3.8, 4) is 10.8 Å². The predicted molar refractivity (Wildman–Crippen MR) is 80.7 cm³/mol. The van der Waals surface area contributed by atoms with Crippen LogP contribution in [0.15, 0.2) is 40.8 Å². The smallest absolute Gasteiger partial charge is 0.163 e. The van der Waals surface area contributed by atoms with Crippen LogP contribution < -0.4 is 5.32 Å². The van der Waals surface area contributed by atoms with E-state index in [1.807, 2.05) is 37.3 Å². The monoisotopic (exact) mass is 288 g/mol. The Bertz CT molecular complexity index is 672. The molecule has 4 nitrogen and oxygen atoms in total. The quantitative estimate of drug-likeness (QED) is 0.757. The number of aliphatic hydroxyl groups excluding tert-OH is 1. The number of para-hydroxylation sites is 1. The Morgan fingerprint density at radius 1 is 1.30 bits per heavy atom. The molecule has 0 aliphatic carbocycles. The lowest BCUT2D eigenvalue weighted by atomic mass is 10.3. The second kappa shape index (κ2) is 5.75. The van der Waals surface area contributed by atoms with Crippen molar-refractivity contribution in [2.24, 2.45) is 0 Å². The molecule has 0 saturated carbocycles. The first-order valence-corrected chi connectivity index (χ1v) is 7.37. The summed E-state index contributed by atoms with van der Waals surface area (Å²) >= 11 is 1.63. The minimum atomic E-state index is 0.0611. The Balaban J connectivity index is 1.79. The summed E-state index contributed by atoms with van der Waals surface area (Å²) in [6.45, 7) is 2.65. The van der Waals surface area contributed by atoms with Crippen molar-refractivity contribution >= 4 is 21.6 Å². The molecule has 3 aromatic rings. The number of benzene rings is 1. The zero-order valence-corrected chi connectivity index (χ0v) is 12.0. The average Bonchev–Trinajstić information content (AvgIpc) is 3.10. The maximum Gasteiger partial charge on any atom is 0.163 e. The Kier molecular flexibility index (Phi) is 3.82. The van der Waals surface area contributed by atoms with Crippen LogP contribution >= 0.6 is 11.3 Å². The third-order valence-corrected chi connectivity index (χ3v) is 4.12. The molecule has 5 heteroatoms. The molecule has 0 amide bonds. The number of rotatable bonds is 5. The summed E-state index contributed by atoms with van der Waals surface area (Å²) in [6.07, 6.45) is 0. The summed E-state index contributed by atoms with van der Waals surface area (Å²) in [5.41, 5.74) is 0.998. The number of nitrogens with one attached hydrogen (secondary N) is 1. The van der Waals surface area contributed by atoms with Gasteiger partial charge in [0.05, 0.1) is 23.4 Å². The molecule has 104 valence electrons. The summed E-state index contributed by atoms with van der Waals surface area (Å²) in [7, 11) is 0. The van der Waals surface area contributed by atoms with Gasteiger partial charge in [0.25, 0.3) is 0 Å². The number of furan rings is 1. The summed E-state index contributed by atoms with van der Waals surface area (Å²) in [4.78, 5) is 4.57. The lowest BCUT2D eigenvalue weighted by Gasteiger charge is -2.08. The Morgan fingerprint density at radius 2 is 2.15 bits per heavy atom. The minimum Gasteiger partial charge on any atom is -0.457 e. The first kappa shape index (κ1) is 13.3. The largest absolute Gasteiger partial charge is 0.457 e. The fourth-order valence-electron chi connectivity index (χ4n) is 1.90. The zero-order chi connectivity index (χ0) is 13.9. The number of hydrogen-bond donors (Lipinski definition) is 2. The lowest BCUT2D eigenvalue weighted by molar-refractivity contribution is 0.248. The van der Waals surface area contributed by atoms with E-state index in [0.717, 1.165) is 26.7 Å². The zero-order valence-electron chi connectivity index (χ0n) is 11.2. The molecule has 1 aromatic carbocycles. The van der Waals surface area contributed by atoms with Gasteiger partial charge in [0.2, 0.25) is 0 Å². The molecular weight excluding hydrogens is 272 g/mol. The van der Waals surface area contributed by atoms with Gasteiger partial charge < -0.3 is 14.8 Å².